The maximum Gasteiger partial charge on any atom is 0.401 e. The molecule has 5 nitrogen and oxygen atoms in total. The van der Waals surface area contributed by atoms with Gasteiger partial charge in [0.05, 0.1) is 18.1 Å². The maximum absolute atomic E-state index is 12.3. The number of carbonyl (C=O) groups excluding carboxylic acids is 1. The number of thiocarbonyl (C=S) groups is 1. The average molecular weight is 326 g/mol. The van der Waals surface area contributed by atoms with Crippen LogP contribution in [0, 0.1) is 0 Å². The van der Waals surface area contributed by atoms with E-state index < -0.39 is 12.7 Å². The predicted octanol–water partition coefficient (Wildman–Crippen LogP) is 0.301. The normalized spacial score (nSPS) is 17.7. The molecule has 0 radical (unpaired) electrons. The van der Waals surface area contributed by atoms with Gasteiger partial charge in [-0.05, 0) is 0 Å². The molecule has 1 amide bonds. The summed E-state index contributed by atoms with van der Waals surface area (Å²) in [5.74, 6) is -0.0736. The zero-order chi connectivity index (χ0) is 16.0. The number of nitrogens with two attached hydrogens (primary N) is 1. The van der Waals surface area contributed by atoms with Crippen molar-refractivity contribution >= 4 is 23.1 Å². The lowest BCUT2D eigenvalue weighted by molar-refractivity contribution is -0.150. The van der Waals surface area contributed by atoms with Crippen molar-refractivity contribution in [1.29, 1.82) is 0 Å². The zero-order valence-corrected chi connectivity index (χ0v) is 12.8. The SMILES string of the molecule is CN(CCC(N)=S)C(=O)CN1CCN(CC(F)(F)F)CC1. The Morgan fingerprint density at radius 3 is 2.24 bits per heavy atom. The second-order valence-corrected chi connectivity index (χ2v) is 5.72. The van der Waals surface area contributed by atoms with Crippen molar-refractivity contribution < 1.29 is 18.0 Å². The summed E-state index contributed by atoms with van der Waals surface area (Å²) in [4.78, 5) is 17.1. The highest BCUT2D eigenvalue weighted by molar-refractivity contribution is 7.80. The van der Waals surface area contributed by atoms with Crippen molar-refractivity contribution in [2.24, 2.45) is 5.73 Å². The van der Waals surface area contributed by atoms with E-state index in [0.717, 1.165) is 0 Å². The first-order valence-corrected chi connectivity index (χ1v) is 7.12. The summed E-state index contributed by atoms with van der Waals surface area (Å²) in [6.45, 7) is 1.36. The molecular weight excluding hydrogens is 305 g/mol. The molecule has 0 spiro atoms. The number of alkyl halides is 3. The van der Waals surface area contributed by atoms with Crippen LogP contribution >= 0.6 is 12.2 Å². The van der Waals surface area contributed by atoms with Gasteiger partial charge < -0.3 is 10.6 Å². The highest BCUT2D eigenvalue weighted by atomic mass is 32.1. The number of nitrogens with zero attached hydrogens (tertiary/aromatic N) is 3. The minimum atomic E-state index is -4.17. The van der Waals surface area contributed by atoms with Gasteiger partial charge in [0.2, 0.25) is 5.91 Å². The Labute approximate surface area is 127 Å². The van der Waals surface area contributed by atoms with Crippen molar-refractivity contribution in [1.82, 2.24) is 14.7 Å². The van der Waals surface area contributed by atoms with E-state index in [1.807, 2.05) is 4.90 Å². The number of hydrogen-bond donors (Lipinski definition) is 1. The molecular formula is C12H21F3N4OS. The first kappa shape index (κ1) is 18.1. The summed E-state index contributed by atoms with van der Waals surface area (Å²) in [5, 5.41) is 0. The van der Waals surface area contributed by atoms with Gasteiger partial charge in [0.1, 0.15) is 0 Å². The third-order valence-corrected chi connectivity index (χ3v) is 3.55. The molecule has 21 heavy (non-hydrogen) atoms. The molecule has 1 heterocycles. The summed E-state index contributed by atoms with van der Waals surface area (Å²) in [6.07, 6.45) is -3.70. The van der Waals surface area contributed by atoms with Crippen LogP contribution in [0.4, 0.5) is 13.2 Å². The molecule has 1 fully saturated rings. The van der Waals surface area contributed by atoms with Crippen molar-refractivity contribution in [2.45, 2.75) is 12.6 Å². The van der Waals surface area contributed by atoms with Crippen molar-refractivity contribution in [3.63, 3.8) is 0 Å². The Hall–Kier alpha value is -0.930. The lowest BCUT2D eigenvalue weighted by atomic mass is 10.3. The van der Waals surface area contributed by atoms with E-state index in [0.29, 0.717) is 44.1 Å². The number of piperazine rings is 1. The van der Waals surface area contributed by atoms with Crippen LogP contribution in [0.15, 0.2) is 0 Å². The molecule has 0 aromatic carbocycles. The van der Waals surface area contributed by atoms with Gasteiger partial charge >= 0.3 is 6.18 Å². The number of carbonyl (C=O) groups is 1. The minimum Gasteiger partial charge on any atom is -0.393 e. The molecule has 1 saturated heterocycles. The Morgan fingerprint density at radius 1 is 1.24 bits per heavy atom. The van der Waals surface area contributed by atoms with Crippen LogP contribution in [-0.2, 0) is 4.79 Å². The van der Waals surface area contributed by atoms with Gasteiger partial charge in [-0.3, -0.25) is 14.6 Å². The van der Waals surface area contributed by atoms with Gasteiger partial charge in [0, 0.05) is 46.2 Å². The fourth-order valence-electron chi connectivity index (χ4n) is 2.07. The molecule has 0 aromatic rings. The van der Waals surface area contributed by atoms with E-state index in [1.165, 1.54) is 4.90 Å². The second kappa shape index (κ2) is 7.90. The average Bonchev–Trinajstić information content (AvgIpc) is 2.36. The van der Waals surface area contributed by atoms with Gasteiger partial charge in [0.15, 0.2) is 0 Å². The molecule has 2 N–H and O–H groups in total. The molecule has 1 aliphatic rings. The molecule has 122 valence electrons. The maximum atomic E-state index is 12.3. The minimum absolute atomic E-state index is 0.0736. The number of hydrogen-bond acceptors (Lipinski definition) is 4. The zero-order valence-electron chi connectivity index (χ0n) is 12.0. The molecule has 0 unspecified atom stereocenters. The third-order valence-electron chi connectivity index (χ3n) is 3.35. The van der Waals surface area contributed by atoms with Crippen LogP contribution in [-0.4, -0.2) is 84.6 Å². The molecule has 9 heteroatoms. The fraction of sp³-hybridized carbons (Fsp3) is 0.833. The molecule has 1 rings (SSSR count). The fourth-order valence-corrected chi connectivity index (χ4v) is 2.16. The van der Waals surface area contributed by atoms with E-state index in [9.17, 15) is 18.0 Å². The van der Waals surface area contributed by atoms with E-state index in [1.54, 1.807) is 11.9 Å². The highest BCUT2D eigenvalue weighted by Crippen LogP contribution is 2.17. The molecule has 0 atom stereocenters. The highest BCUT2D eigenvalue weighted by Gasteiger charge is 2.32. The second-order valence-electron chi connectivity index (χ2n) is 5.20. The molecule has 1 aliphatic heterocycles. The van der Waals surface area contributed by atoms with Crippen LogP contribution in [0.1, 0.15) is 6.42 Å². The summed E-state index contributed by atoms with van der Waals surface area (Å²) in [7, 11) is 1.67. The monoisotopic (exact) mass is 326 g/mol. The Kier molecular flexibility index (Phi) is 6.82. The van der Waals surface area contributed by atoms with Crippen molar-refractivity contribution in [3.05, 3.63) is 0 Å². The number of amides is 1. The molecule has 0 saturated carbocycles. The summed E-state index contributed by atoms with van der Waals surface area (Å²) in [6, 6.07) is 0. The van der Waals surface area contributed by atoms with Crippen molar-refractivity contribution in [3.8, 4) is 0 Å². The van der Waals surface area contributed by atoms with Gasteiger partial charge in [-0.1, -0.05) is 12.2 Å². The Morgan fingerprint density at radius 2 is 1.76 bits per heavy atom. The van der Waals surface area contributed by atoms with Crippen LogP contribution < -0.4 is 5.73 Å². The predicted molar refractivity (Wildman–Crippen MR) is 78.0 cm³/mol. The van der Waals surface area contributed by atoms with Crippen LogP contribution in [0.3, 0.4) is 0 Å². The molecule has 0 aliphatic carbocycles. The number of halogens is 3. The summed E-state index contributed by atoms with van der Waals surface area (Å²) < 4.78 is 36.8. The van der Waals surface area contributed by atoms with Gasteiger partial charge in [-0.25, -0.2) is 0 Å². The number of likely N-dealkylation sites (N-methyl/N-ethyl adjacent to an activating group) is 1. The Balaban J connectivity index is 2.28. The van der Waals surface area contributed by atoms with Crippen LogP contribution in [0.5, 0.6) is 0 Å². The van der Waals surface area contributed by atoms with Gasteiger partial charge in [-0.2, -0.15) is 13.2 Å². The van der Waals surface area contributed by atoms with Crippen LogP contribution in [0.25, 0.3) is 0 Å². The summed E-state index contributed by atoms with van der Waals surface area (Å²) >= 11 is 4.75. The largest absolute Gasteiger partial charge is 0.401 e. The molecule has 0 aromatic heterocycles. The number of rotatable bonds is 6. The van der Waals surface area contributed by atoms with Gasteiger partial charge in [0.25, 0.3) is 0 Å². The lowest BCUT2D eigenvalue weighted by Gasteiger charge is -2.35. The summed E-state index contributed by atoms with van der Waals surface area (Å²) in [5.41, 5.74) is 5.38. The van der Waals surface area contributed by atoms with E-state index >= 15 is 0 Å². The standard InChI is InChI=1S/C12H21F3N4OS/c1-17(3-2-10(16)21)11(20)8-18-4-6-19(7-5-18)9-12(13,14)15/h2-9H2,1H3,(H2,16,21). The smallest absolute Gasteiger partial charge is 0.393 e. The quantitative estimate of drug-likeness (QED) is 0.712. The van der Waals surface area contributed by atoms with Crippen molar-refractivity contribution in [2.75, 3.05) is 52.9 Å². The lowest BCUT2D eigenvalue weighted by Crippen LogP contribution is -2.51. The Bertz CT molecular complexity index is 370. The van der Waals surface area contributed by atoms with E-state index in [-0.39, 0.29) is 12.5 Å². The molecule has 0 bridgehead atoms. The third kappa shape index (κ3) is 7.58. The van der Waals surface area contributed by atoms with E-state index in [4.69, 9.17) is 18.0 Å². The first-order valence-electron chi connectivity index (χ1n) is 6.71. The van der Waals surface area contributed by atoms with Gasteiger partial charge in [-0.15, -0.1) is 0 Å². The topological polar surface area (TPSA) is 52.8 Å². The first-order chi connectivity index (χ1) is 9.67. The van der Waals surface area contributed by atoms with E-state index in [2.05, 4.69) is 0 Å². The van der Waals surface area contributed by atoms with Crippen LogP contribution in [0.2, 0.25) is 0 Å².